The minimum Gasteiger partial charge on any atom is -0.454 e. The second-order valence-electron chi connectivity index (χ2n) is 4.85. The molecule has 1 N–H and O–H groups in total. The van der Waals surface area contributed by atoms with Crippen molar-refractivity contribution in [2.45, 2.75) is 27.3 Å². The molecule has 2 aromatic rings. The number of ether oxygens (including phenoxy) is 1. The summed E-state index contributed by atoms with van der Waals surface area (Å²) in [6.07, 6.45) is 0. The third kappa shape index (κ3) is 3.36. The highest BCUT2D eigenvalue weighted by molar-refractivity contribution is 5.42. The first-order valence-corrected chi connectivity index (χ1v) is 6.85. The van der Waals surface area contributed by atoms with Gasteiger partial charge in [-0.15, -0.1) is 0 Å². The number of benzene rings is 2. The molecule has 2 rings (SSSR count). The van der Waals surface area contributed by atoms with E-state index in [1.807, 2.05) is 45.0 Å². The fourth-order valence-corrected chi connectivity index (χ4v) is 1.96. The molecule has 0 bridgehead atoms. The van der Waals surface area contributed by atoms with E-state index in [1.165, 1.54) is 6.07 Å². The fraction of sp³-hybridized carbons (Fsp3) is 0.294. The lowest BCUT2D eigenvalue weighted by atomic mass is 10.1. The zero-order valence-electron chi connectivity index (χ0n) is 12.2. The molecule has 0 radical (unpaired) electrons. The molecule has 0 heterocycles. The molecule has 0 saturated heterocycles. The van der Waals surface area contributed by atoms with Gasteiger partial charge in [0.2, 0.25) is 0 Å². The van der Waals surface area contributed by atoms with E-state index >= 15 is 0 Å². The molecule has 0 amide bonds. The molecule has 0 aromatic heterocycles. The summed E-state index contributed by atoms with van der Waals surface area (Å²) in [5.74, 6) is 0.628. The van der Waals surface area contributed by atoms with Crippen LogP contribution >= 0.6 is 0 Å². The van der Waals surface area contributed by atoms with Crippen molar-refractivity contribution >= 4 is 0 Å². The van der Waals surface area contributed by atoms with E-state index in [0.29, 0.717) is 12.3 Å². The Hall–Kier alpha value is -1.87. The second kappa shape index (κ2) is 6.53. The van der Waals surface area contributed by atoms with E-state index in [9.17, 15) is 4.39 Å². The van der Waals surface area contributed by atoms with Crippen LogP contribution in [0.1, 0.15) is 23.6 Å². The summed E-state index contributed by atoms with van der Waals surface area (Å²) in [6, 6.07) is 10.9. The highest BCUT2D eigenvalue weighted by Gasteiger charge is 2.08. The molecule has 0 atom stereocenters. The lowest BCUT2D eigenvalue weighted by Gasteiger charge is -2.12. The van der Waals surface area contributed by atoms with Crippen molar-refractivity contribution in [1.82, 2.24) is 5.32 Å². The summed E-state index contributed by atoms with van der Waals surface area (Å²) in [5.41, 5.74) is 3.08. The van der Waals surface area contributed by atoms with Crippen molar-refractivity contribution in [1.29, 1.82) is 0 Å². The molecule has 106 valence electrons. The summed E-state index contributed by atoms with van der Waals surface area (Å²) in [6.45, 7) is 7.54. The van der Waals surface area contributed by atoms with Crippen LogP contribution in [0.5, 0.6) is 11.5 Å². The van der Waals surface area contributed by atoms with Crippen LogP contribution in [0.2, 0.25) is 0 Å². The quantitative estimate of drug-likeness (QED) is 0.874. The maximum absolute atomic E-state index is 14.0. The number of hydrogen-bond acceptors (Lipinski definition) is 2. The van der Waals surface area contributed by atoms with E-state index in [0.717, 1.165) is 23.2 Å². The number of rotatable bonds is 5. The van der Waals surface area contributed by atoms with Crippen molar-refractivity contribution in [3.05, 3.63) is 58.9 Å². The van der Waals surface area contributed by atoms with E-state index in [-0.39, 0.29) is 11.6 Å². The second-order valence-corrected chi connectivity index (χ2v) is 4.85. The average Bonchev–Trinajstić information content (AvgIpc) is 2.44. The highest BCUT2D eigenvalue weighted by atomic mass is 19.1. The van der Waals surface area contributed by atoms with Crippen LogP contribution in [-0.2, 0) is 6.54 Å². The summed E-state index contributed by atoms with van der Waals surface area (Å²) in [7, 11) is 0. The SMILES string of the molecule is CCNCc1ccc(Oc2cccc(C)c2C)c(F)c1. The van der Waals surface area contributed by atoms with Crippen molar-refractivity contribution in [2.75, 3.05) is 6.54 Å². The maximum Gasteiger partial charge on any atom is 0.166 e. The molecule has 0 fully saturated rings. The Morgan fingerprint density at radius 1 is 1.10 bits per heavy atom. The highest BCUT2D eigenvalue weighted by Crippen LogP contribution is 2.29. The third-order valence-corrected chi connectivity index (χ3v) is 3.35. The molecule has 0 aliphatic carbocycles. The number of halogens is 1. The average molecular weight is 273 g/mol. The molecule has 2 nitrogen and oxygen atoms in total. The normalized spacial score (nSPS) is 10.6. The Labute approximate surface area is 119 Å². The Morgan fingerprint density at radius 3 is 2.60 bits per heavy atom. The Kier molecular flexibility index (Phi) is 4.74. The first kappa shape index (κ1) is 14.5. The molecule has 3 heteroatoms. The zero-order chi connectivity index (χ0) is 14.5. The fourth-order valence-electron chi connectivity index (χ4n) is 1.96. The molecule has 0 unspecified atom stereocenters. The number of hydrogen-bond donors (Lipinski definition) is 1. The van der Waals surface area contributed by atoms with Crippen LogP contribution in [-0.4, -0.2) is 6.54 Å². The summed E-state index contributed by atoms with van der Waals surface area (Å²) in [5, 5.41) is 3.17. The van der Waals surface area contributed by atoms with Crippen LogP contribution in [0.3, 0.4) is 0 Å². The maximum atomic E-state index is 14.0. The van der Waals surface area contributed by atoms with Gasteiger partial charge in [0.25, 0.3) is 0 Å². The molecule has 20 heavy (non-hydrogen) atoms. The van der Waals surface area contributed by atoms with Gasteiger partial charge in [0.15, 0.2) is 11.6 Å². The third-order valence-electron chi connectivity index (χ3n) is 3.35. The minimum absolute atomic E-state index is 0.263. The van der Waals surface area contributed by atoms with Crippen molar-refractivity contribution in [3.8, 4) is 11.5 Å². The lowest BCUT2D eigenvalue weighted by Crippen LogP contribution is -2.11. The van der Waals surface area contributed by atoms with Crippen LogP contribution in [0.4, 0.5) is 4.39 Å². The number of aryl methyl sites for hydroxylation is 1. The van der Waals surface area contributed by atoms with Crippen molar-refractivity contribution in [3.63, 3.8) is 0 Å². The van der Waals surface area contributed by atoms with Crippen molar-refractivity contribution in [2.24, 2.45) is 0 Å². The molecule has 0 aliphatic rings. The molecule has 0 aliphatic heterocycles. The summed E-state index contributed by atoms with van der Waals surface area (Å²) >= 11 is 0. The van der Waals surface area contributed by atoms with Gasteiger partial charge in [0, 0.05) is 6.54 Å². The smallest absolute Gasteiger partial charge is 0.166 e. The predicted molar refractivity (Wildman–Crippen MR) is 79.8 cm³/mol. The minimum atomic E-state index is -0.332. The molecular formula is C17H20FNO. The van der Waals surface area contributed by atoms with Gasteiger partial charge in [-0.05, 0) is 55.3 Å². The Morgan fingerprint density at radius 2 is 1.90 bits per heavy atom. The molecular weight excluding hydrogens is 253 g/mol. The van der Waals surface area contributed by atoms with Crippen LogP contribution in [0.15, 0.2) is 36.4 Å². The topological polar surface area (TPSA) is 21.3 Å². The van der Waals surface area contributed by atoms with Gasteiger partial charge in [-0.25, -0.2) is 4.39 Å². The van der Waals surface area contributed by atoms with Crippen LogP contribution in [0, 0.1) is 19.7 Å². The van der Waals surface area contributed by atoms with Crippen molar-refractivity contribution < 1.29 is 9.13 Å². The van der Waals surface area contributed by atoms with Crippen LogP contribution in [0.25, 0.3) is 0 Å². The standard InChI is InChI=1S/C17H20FNO/c1-4-19-11-14-8-9-17(15(18)10-14)20-16-7-5-6-12(2)13(16)3/h5-10,19H,4,11H2,1-3H3. The van der Waals surface area contributed by atoms with E-state index in [2.05, 4.69) is 5.32 Å². The van der Waals surface area contributed by atoms with E-state index in [4.69, 9.17) is 4.74 Å². The number of nitrogens with one attached hydrogen (secondary N) is 1. The Balaban J connectivity index is 2.19. The zero-order valence-corrected chi connectivity index (χ0v) is 12.2. The van der Waals surface area contributed by atoms with E-state index < -0.39 is 0 Å². The van der Waals surface area contributed by atoms with E-state index in [1.54, 1.807) is 6.07 Å². The van der Waals surface area contributed by atoms with Gasteiger partial charge in [-0.2, -0.15) is 0 Å². The van der Waals surface area contributed by atoms with Crippen LogP contribution < -0.4 is 10.1 Å². The largest absolute Gasteiger partial charge is 0.454 e. The monoisotopic (exact) mass is 273 g/mol. The first-order chi connectivity index (χ1) is 9.61. The predicted octanol–water partition coefficient (Wildman–Crippen LogP) is 4.34. The van der Waals surface area contributed by atoms with Gasteiger partial charge in [0.1, 0.15) is 5.75 Å². The molecule has 2 aromatic carbocycles. The molecule has 0 saturated carbocycles. The summed E-state index contributed by atoms with van der Waals surface area (Å²) < 4.78 is 19.7. The van der Waals surface area contributed by atoms with Gasteiger partial charge in [-0.3, -0.25) is 0 Å². The Bertz CT molecular complexity index is 596. The van der Waals surface area contributed by atoms with Gasteiger partial charge >= 0.3 is 0 Å². The first-order valence-electron chi connectivity index (χ1n) is 6.85. The van der Waals surface area contributed by atoms with Gasteiger partial charge in [-0.1, -0.05) is 25.1 Å². The van der Waals surface area contributed by atoms with Gasteiger partial charge in [0.05, 0.1) is 0 Å². The lowest BCUT2D eigenvalue weighted by molar-refractivity contribution is 0.438. The van der Waals surface area contributed by atoms with Gasteiger partial charge < -0.3 is 10.1 Å². The molecule has 0 spiro atoms. The summed E-state index contributed by atoms with van der Waals surface area (Å²) in [4.78, 5) is 0.